The molecule has 148 valence electrons. The Morgan fingerprint density at radius 2 is 2.29 bits per heavy atom. The molecule has 28 heavy (non-hydrogen) atoms. The summed E-state index contributed by atoms with van der Waals surface area (Å²) >= 11 is 10.7. The summed E-state index contributed by atoms with van der Waals surface area (Å²) in [6.07, 6.45) is -3.18. The normalized spacial score (nSPS) is 26.0. The van der Waals surface area contributed by atoms with Crippen molar-refractivity contribution in [2.24, 2.45) is 5.73 Å². The van der Waals surface area contributed by atoms with Gasteiger partial charge in [-0.05, 0) is 52.4 Å². The number of thiophene rings is 1. The molecule has 1 aliphatic carbocycles. The number of halogens is 2. The summed E-state index contributed by atoms with van der Waals surface area (Å²) in [4.78, 5) is 17.2. The van der Waals surface area contributed by atoms with Crippen molar-refractivity contribution in [1.29, 1.82) is 0 Å². The number of carboxylic acid groups (broad SMARTS) is 1. The number of hydrogen-bond donors (Lipinski definition) is 3. The zero-order chi connectivity index (χ0) is 25.4. The summed E-state index contributed by atoms with van der Waals surface area (Å²) in [6.45, 7) is 0.0778. The number of anilines is 1. The van der Waals surface area contributed by atoms with E-state index in [-0.39, 0.29) is 11.8 Å². The third-order valence-corrected chi connectivity index (χ3v) is 6.16. The predicted octanol–water partition coefficient (Wildman–Crippen LogP) is 4.77. The van der Waals surface area contributed by atoms with Gasteiger partial charge in [0.25, 0.3) is 6.47 Å². The van der Waals surface area contributed by atoms with Crippen LogP contribution in [0.1, 0.15) is 37.5 Å². The van der Waals surface area contributed by atoms with Gasteiger partial charge in [0.2, 0.25) is 5.28 Å². The van der Waals surface area contributed by atoms with Crippen LogP contribution in [0.3, 0.4) is 0 Å². The molecule has 0 unspecified atom stereocenters. The lowest BCUT2D eigenvalue weighted by Crippen LogP contribution is -2.29. The summed E-state index contributed by atoms with van der Waals surface area (Å²) in [5.41, 5.74) is 6.56. The second-order valence-corrected chi connectivity index (χ2v) is 7.56. The number of fused-ring (bicyclic) bond motifs is 1. The van der Waals surface area contributed by atoms with E-state index in [1.165, 1.54) is 0 Å². The number of hydrogen-bond acceptors (Lipinski definition) is 7. The van der Waals surface area contributed by atoms with E-state index < -0.39 is 36.8 Å². The van der Waals surface area contributed by atoms with Gasteiger partial charge in [-0.25, -0.2) is 4.98 Å². The summed E-state index contributed by atoms with van der Waals surface area (Å²) in [7, 11) is 0. The highest BCUT2D eigenvalue weighted by Crippen LogP contribution is 2.45. The number of nitrogens with one attached hydrogen (secondary N) is 1. The van der Waals surface area contributed by atoms with Gasteiger partial charge >= 0.3 is 0 Å². The molecule has 10 heteroatoms. The quantitative estimate of drug-likeness (QED) is 0.273. The van der Waals surface area contributed by atoms with E-state index >= 15 is 0 Å². The molecule has 0 radical (unpaired) electrons. The Morgan fingerprint density at radius 3 is 3.00 bits per heavy atom. The van der Waals surface area contributed by atoms with Crippen LogP contribution in [0.2, 0.25) is 5.28 Å². The van der Waals surface area contributed by atoms with E-state index in [0.717, 1.165) is 11.3 Å². The summed E-state index contributed by atoms with van der Waals surface area (Å²) < 4.78 is 55.5. The van der Waals surface area contributed by atoms with Gasteiger partial charge in [-0.1, -0.05) is 12.1 Å². The first-order valence-corrected chi connectivity index (χ1v) is 9.80. The van der Waals surface area contributed by atoms with E-state index in [0.29, 0.717) is 37.7 Å². The molecule has 0 amide bonds. The van der Waals surface area contributed by atoms with Gasteiger partial charge in [-0.2, -0.15) is 4.98 Å². The second-order valence-electron chi connectivity index (χ2n) is 5.38. The van der Waals surface area contributed by atoms with E-state index in [1.54, 1.807) is 18.4 Å². The lowest BCUT2D eigenvalue weighted by Gasteiger charge is -2.24. The maximum absolute atomic E-state index is 8.46. The van der Waals surface area contributed by atoms with E-state index in [1.807, 2.05) is 0 Å². The van der Waals surface area contributed by atoms with Gasteiger partial charge in [0.15, 0.2) is 0 Å². The molecule has 0 spiro atoms. The molecule has 0 fully saturated rings. The summed E-state index contributed by atoms with van der Waals surface area (Å²) in [6, 6.07) is 0.681. The van der Waals surface area contributed by atoms with Crippen molar-refractivity contribution in [3.05, 3.63) is 50.9 Å². The zero-order valence-corrected chi connectivity index (χ0v) is 17.2. The third kappa shape index (κ3) is 4.54. The molecular formula is C18H18BrClN4O3S. The number of aromatic nitrogens is 2. The van der Waals surface area contributed by atoms with Crippen LogP contribution in [-0.2, 0) is 11.3 Å². The number of nitrogens with zero attached hydrogens (tertiary/aromatic N) is 2. The van der Waals surface area contributed by atoms with Crippen LogP contribution < -0.4 is 11.1 Å². The molecule has 0 bridgehead atoms. The maximum Gasteiger partial charge on any atom is 0.290 e. The summed E-state index contributed by atoms with van der Waals surface area (Å²) in [5.74, 6) is -0.155. The molecule has 3 heterocycles. The topological polar surface area (TPSA) is 114 Å². The summed E-state index contributed by atoms with van der Waals surface area (Å²) in [5, 5.41) is 9.98. The van der Waals surface area contributed by atoms with Crippen LogP contribution in [0.4, 0.5) is 5.82 Å². The Bertz CT molecular complexity index is 1240. The van der Waals surface area contributed by atoms with Crippen LogP contribution in [0.25, 0.3) is 10.2 Å². The Kier molecular flexibility index (Phi) is 4.79. The minimum absolute atomic E-state index is 0.0275. The number of nitrogens with two attached hydrogens (primary N) is 1. The van der Waals surface area contributed by atoms with E-state index in [2.05, 4.69) is 31.2 Å². The Balaban J connectivity index is 0.00000103. The minimum atomic E-state index is -2.37. The predicted molar refractivity (Wildman–Crippen MR) is 114 cm³/mol. The molecule has 2 atom stereocenters. The average molecular weight is 492 g/mol. The van der Waals surface area contributed by atoms with E-state index in [4.69, 9.17) is 39.9 Å². The van der Waals surface area contributed by atoms with Gasteiger partial charge in [0.1, 0.15) is 17.1 Å². The third-order valence-electron chi connectivity index (χ3n) is 3.66. The van der Waals surface area contributed by atoms with Crippen molar-refractivity contribution >= 4 is 61.4 Å². The first-order valence-electron chi connectivity index (χ1n) is 10.8. The van der Waals surface area contributed by atoms with Crippen molar-refractivity contribution in [2.75, 3.05) is 5.32 Å². The molecule has 0 aliphatic heterocycles. The molecule has 0 saturated heterocycles. The lowest BCUT2D eigenvalue weighted by atomic mass is 9.88. The number of allylic oxidation sites excluding steroid dienone is 1. The Morgan fingerprint density at radius 1 is 1.54 bits per heavy atom. The zero-order valence-electron chi connectivity index (χ0n) is 20.1. The average Bonchev–Trinajstić information content (AvgIpc) is 3.39. The van der Waals surface area contributed by atoms with Gasteiger partial charge in [-0.3, -0.25) is 4.79 Å². The molecule has 4 rings (SSSR count). The van der Waals surface area contributed by atoms with Crippen molar-refractivity contribution in [1.82, 2.24) is 9.97 Å². The smallest absolute Gasteiger partial charge is 0.290 e. The fraction of sp³-hybridized carbons (Fsp3) is 0.278. The maximum atomic E-state index is 8.46. The van der Waals surface area contributed by atoms with Gasteiger partial charge in [-0.15, -0.1) is 11.3 Å². The first-order chi connectivity index (χ1) is 15.9. The van der Waals surface area contributed by atoms with Crippen molar-refractivity contribution < 1.29 is 22.5 Å². The highest BCUT2D eigenvalue weighted by atomic mass is 79.9. The van der Waals surface area contributed by atoms with Gasteiger partial charge < -0.3 is 20.6 Å². The van der Waals surface area contributed by atoms with Crippen LogP contribution >= 0.6 is 38.9 Å². The largest absolute Gasteiger partial charge is 0.483 e. The molecule has 3 aromatic heterocycles. The van der Waals surface area contributed by atoms with Crippen LogP contribution in [0.15, 0.2) is 39.4 Å². The molecule has 3 aromatic rings. The molecule has 0 aromatic carbocycles. The fourth-order valence-corrected chi connectivity index (χ4v) is 4.75. The monoisotopic (exact) mass is 490 g/mol. The van der Waals surface area contributed by atoms with Crippen LogP contribution in [-0.4, -0.2) is 27.6 Å². The fourth-order valence-electron chi connectivity index (χ4n) is 2.48. The number of carbonyl (C=O) groups is 1. The van der Waals surface area contributed by atoms with Crippen molar-refractivity contribution in [3.8, 4) is 0 Å². The second kappa shape index (κ2) is 9.51. The lowest BCUT2D eigenvalue weighted by molar-refractivity contribution is -0.122. The van der Waals surface area contributed by atoms with Crippen LogP contribution in [0, 0.1) is 0 Å². The van der Waals surface area contributed by atoms with Crippen molar-refractivity contribution in [2.45, 2.75) is 31.3 Å². The van der Waals surface area contributed by atoms with Gasteiger partial charge in [0.05, 0.1) is 24.7 Å². The van der Waals surface area contributed by atoms with E-state index in [9.17, 15) is 0 Å². The molecule has 4 N–H and O–H groups in total. The number of furan rings is 1. The molecular weight excluding hydrogens is 468 g/mol. The van der Waals surface area contributed by atoms with Crippen LogP contribution in [0.5, 0.6) is 0 Å². The molecule has 7 nitrogen and oxygen atoms in total. The standard InChI is InChI=1S/C17H16BrClN4OS.CH2O2/c18-12-13-15(25-14(12)10-5-1-2-6-11(10)20)16(23-17(19)22-13)21-8-9-4-3-7-24-9;2-1-3/h1-4,7,10-11H,5-6,8,20H2,(H,21,22,23);1H,(H,2,3)/t10-,11-;/m1./s1/i1D,2D,5D2,6D2;. The van der Waals surface area contributed by atoms with Crippen molar-refractivity contribution in [3.63, 3.8) is 0 Å². The highest BCUT2D eigenvalue weighted by molar-refractivity contribution is 9.10. The highest BCUT2D eigenvalue weighted by Gasteiger charge is 2.27. The van der Waals surface area contributed by atoms with Gasteiger partial charge in [0, 0.05) is 22.3 Å². The molecule has 1 aliphatic rings. The first kappa shape index (κ1) is 14.1. The Hall–Kier alpha value is -1.94. The Labute approximate surface area is 187 Å². The number of rotatable bonds is 4. The molecule has 0 saturated carbocycles. The SMILES string of the molecule is O=CO.[2H]C1=C([2H])C([2H])([2H])[C@@H](c2sc3c(NCc4ccco4)nc(Cl)nc3c2Br)[C@H](N)C1([2H])[2H]. The minimum Gasteiger partial charge on any atom is -0.483 e.